The molecule has 0 atom stereocenters. The Kier molecular flexibility index (Phi) is 5.05. The van der Waals surface area contributed by atoms with E-state index < -0.39 is 0 Å². The van der Waals surface area contributed by atoms with E-state index in [-0.39, 0.29) is 11.7 Å². The Morgan fingerprint density at radius 3 is 2.40 bits per heavy atom. The van der Waals surface area contributed by atoms with Crippen molar-refractivity contribution in [3.63, 3.8) is 0 Å². The van der Waals surface area contributed by atoms with Gasteiger partial charge in [-0.1, -0.05) is 48.5 Å². The largest absolute Gasteiger partial charge is 0.441 e. The van der Waals surface area contributed by atoms with Crippen molar-refractivity contribution in [3.05, 3.63) is 70.5 Å². The predicted molar refractivity (Wildman–Crippen MR) is 120 cm³/mol. The number of nitrogens with zero attached hydrogens (tertiary/aromatic N) is 3. The van der Waals surface area contributed by atoms with Gasteiger partial charge in [-0.15, -0.1) is 11.3 Å². The quantitative estimate of drug-likeness (QED) is 0.590. The summed E-state index contributed by atoms with van der Waals surface area (Å²) < 4.78 is 5.90. The molecule has 5 rings (SSSR count). The van der Waals surface area contributed by atoms with Gasteiger partial charge in [-0.3, -0.25) is 9.80 Å². The van der Waals surface area contributed by atoms with Crippen LogP contribution < -0.4 is 4.90 Å². The molecule has 1 spiro atoms. The Hall–Kier alpha value is -2.70. The minimum atomic E-state index is -0.366. The third-order valence-electron chi connectivity index (χ3n) is 6.02. The van der Waals surface area contributed by atoms with Gasteiger partial charge in [-0.05, 0) is 19.1 Å². The van der Waals surface area contributed by atoms with Crippen molar-refractivity contribution in [3.8, 4) is 11.3 Å². The first-order valence-electron chi connectivity index (χ1n) is 10.4. The molecule has 2 aliphatic heterocycles. The number of ether oxygens (including phenoxy) is 1. The number of para-hydroxylation sites is 1. The highest BCUT2D eigenvalue weighted by Crippen LogP contribution is 2.37. The Morgan fingerprint density at radius 2 is 1.70 bits per heavy atom. The van der Waals surface area contributed by atoms with Crippen molar-refractivity contribution in [2.75, 3.05) is 24.5 Å². The second-order valence-electron chi connectivity index (χ2n) is 8.12. The fourth-order valence-electron chi connectivity index (χ4n) is 4.41. The summed E-state index contributed by atoms with van der Waals surface area (Å²) in [7, 11) is 0. The van der Waals surface area contributed by atoms with Crippen LogP contribution in [0.15, 0.2) is 60.7 Å². The first kappa shape index (κ1) is 19.3. The van der Waals surface area contributed by atoms with E-state index in [4.69, 9.17) is 9.72 Å². The van der Waals surface area contributed by atoms with Crippen molar-refractivity contribution >= 4 is 23.1 Å². The lowest BCUT2D eigenvalue weighted by molar-refractivity contribution is -0.000724. The van der Waals surface area contributed by atoms with E-state index in [1.165, 1.54) is 10.4 Å². The molecule has 2 fully saturated rings. The molecule has 0 bridgehead atoms. The third-order valence-corrected chi connectivity index (χ3v) is 6.98. The number of hydrogen-bond acceptors (Lipinski definition) is 5. The lowest BCUT2D eigenvalue weighted by Crippen LogP contribution is -2.46. The number of amides is 1. The molecule has 3 heterocycles. The molecule has 0 radical (unpaired) electrons. The monoisotopic (exact) mass is 419 g/mol. The van der Waals surface area contributed by atoms with Crippen molar-refractivity contribution in [2.45, 2.75) is 31.9 Å². The van der Waals surface area contributed by atoms with Crippen molar-refractivity contribution < 1.29 is 9.53 Å². The normalized spacial score (nSPS) is 18.7. The molecule has 6 heteroatoms. The van der Waals surface area contributed by atoms with Crippen LogP contribution in [0.2, 0.25) is 0 Å². The molecule has 0 aliphatic carbocycles. The highest BCUT2D eigenvalue weighted by Gasteiger charge is 2.47. The summed E-state index contributed by atoms with van der Waals surface area (Å²) in [4.78, 5) is 22.8. The van der Waals surface area contributed by atoms with Gasteiger partial charge in [-0.25, -0.2) is 9.78 Å². The van der Waals surface area contributed by atoms with Gasteiger partial charge in [0.15, 0.2) is 0 Å². The van der Waals surface area contributed by atoms with E-state index in [9.17, 15) is 4.79 Å². The van der Waals surface area contributed by atoms with Gasteiger partial charge < -0.3 is 4.74 Å². The van der Waals surface area contributed by atoms with E-state index >= 15 is 0 Å². The highest BCUT2D eigenvalue weighted by atomic mass is 32.1. The summed E-state index contributed by atoms with van der Waals surface area (Å²) >= 11 is 1.78. The second-order valence-corrected chi connectivity index (χ2v) is 9.41. The molecule has 0 saturated carbocycles. The molecule has 0 unspecified atom stereocenters. The van der Waals surface area contributed by atoms with Gasteiger partial charge >= 0.3 is 6.09 Å². The molecule has 0 N–H and O–H groups in total. The minimum absolute atomic E-state index is 0.223. The predicted octanol–water partition coefficient (Wildman–Crippen LogP) is 5.11. The van der Waals surface area contributed by atoms with Crippen LogP contribution >= 0.6 is 11.3 Å². The molecule has 5 nitrogen and oxygen atoms in total. The maximum absolute atomic E-state index is 12.5. The molecule has 3 aromatic rings. The number of anilines is 1. The van der Waals surface area contributed by atoms with Crippen LogP contribution in [0.4, 0.5) is 10.5 Å². The van der Waals surface area contributed by atoms with E-state index in [1.54, 1.807) is 16.2 Å². The maximum Gasteiger partial charge on any atom is 0.415 e. The molecule has 154 valence electrons. The average Bonchev–Trinajstić information content (AvgIpc) is 3.30. The van der Waals surface area contributed by atoms with Gasteiger partial charge in [-0.2, -0.15) is 0 Å². The number of likely N-dealkylation sites (tertiary alicyclic amines) is 1. The Balaban J connectivity index is 1.26. The molecule has 1 amide bonds. The lowest BCUT2D eigenvalue weighted by Gasteiger charge is -2.37. The number of carbonyl (C=O) groups is 1. The number of carbonyl (C=O) groups excluding carboxylic acids is 1. The topological polar surface area (TPSA) is 45.7 Å². The van der Waals surface area contributed by atoms with Gasteiger partial charge in [0, 0.05) is 48.6 Å². The molecular formula is C24H25N3O2S. The summed E-state index contributed by atoms with van der Waals surface area (Å²) in [6, 6.07) is 20.2. The molecule has 2 aliphatic rings. The van der Waals surface area contributed by atoms with Gasteiger partial charge in [0.05, 0.1) is 17.2 Å². The van der Waals surface area contributed by atoms with Crippen LogP contribution in [-0.2, 0) is 11.3 Å². The van der Waals surface area contributed by atoms with E-state index in [0.717, 1.165) is 48.9 Å². The fraction of sp³-hybridized carbons (Fsp3) is 0.333. The van der Waals surface area contributed by atoms with Crippen molar-refractivity contribution in [2.24, 2.45) is 0 Å². The van der Waals surface area contributed by atoms with E-state index in [0.29, 0.717) is 6.54 Å². The smallest absolute Gasteiger partial charge is 0.415 e. The molecule has 30 heavy (non-hydrogen) atoms. The zero-order chi connectivity index (χ0) is 20.6. The Labute approximate surface area is 180 Å². The molecular weight excluding hydrogens is 394 g/mol. The van der Waals surface area contributed by atoms with Gasteiger partial charge in [0.25, 0.3) is 0 Å². The van der Waals surface area contributed by atoms with Crippen molar-refractivity contribution in [1.29, 1.82) is 0 Å². The van der Waals surface area contributed by atoms with Crippen LogP contribution in [0.3, 0.4) is 0 Å². The molecule has 1 aromatic heterocycles. The molecule has 2 saturated heterocycles. The minimum Gasteiger partial charge on any atom is -0.441 e. The summed E-state index contributed by atoms with van der Waals surface area (Å²) in [5, 5.41) is 1.10. The number of aromatic nitrogens is 1. The fourth-order valence-corrected chi connectivity index (χ4v) is 5.41. The van der Waals surface area contributed by atoms with Gasteiger partial charge in [0.1, 0.15) is 5.60 Å². The van der Waals surface area contributed by atoms with E-state index in [1.807, 2.05) is 36.4 Å². The first-order valence-corrected chi connectivity index (χ1v) is 11.2. The third kappa shape index (κ3) is 3.73. The Morgan fingerprint density at radius 1 is 1.03 bits per heavy atom. The number of hydrogen-bond donors (Lipinski definition) is 0. The Bertz CT molecular complexity index is 1030. The number of piperidine rings is 1. The van der Waals surface area contributed by atoms with Gasteiger partial charge in [0.2, 0.25) is 0 Å². The highest BCUT2D eigenvalue weighted by molar-refractivity contribution is 7.12. The van der Waals surface area contributed by atoms with E-state index in [2.05, 4.69) is 36.1 Å². The van der Waals surface area contributed by atoms with Crippen LogP contribution in [0.1, 0.15) is 22.7 Å². The maximum atomic E-state index is 12.5. The van der Waals surface area contributed by atoms with Crippen LogP contribution in [0.5, 0.6) is 0 Å². The average molecular weight is 420 g/mol. The van der Waals surface area contributed by atoms with Crippen molar-refractivity contribution in [1.82, 2.24) is 9.88 Å². The number of aryl methyl sites for hydroxylation is 1. The summed E-state index contributed by atoms with van der Waals surface area (Å²) in [6.45, 7) is 5.44. The second kappa shape index (κ2) is 7.85. The number of benzene rings is 2. The summed E-state index contributed by atoms with van der Waals surface area (Å²) in [6.07, 6.45) is 1.50. The lowest BCUT2D eigenvalue weighted by atomic mass is 9.91. The number of rotatable bonds is 4. The van der Waals surface area contributed by atoms with Crippen LogP contribution in [0.25, 0.3) is 11.3 Å². The summed E-state index contributed by atoms with van der Waals surface area (Å²) in [5.74, 6) is 0. The number of thiazole rings is 1. The SMILES string of the molecule is Cc1nc(-c2ccccc2)c(CN2CCC3(CC2)CN(c2ccccc2)C(=O)O3)s1. The zero-order valence-corrected chi connectivity index (χ0v) is 17.9. The molecule has 2 aromatic carbocycles. The summed E-state index contributed by atoms with van der Waals surface area (Å²) in [5.41, 5.74) is 2.82. The zero-order valence-electron chi connectivity index (χ0n) is 17.1. The van der Waals surface area contributed by atoms with Crippen LogP contribution in [-0.4, -0.2) is 41.2 Å². The first-order chi connectivity index (χ1) is 14.6. The standard InChI is InChI=1S/C24H25N3O2S/c1-18-25-22(19-8-4-2-5-9-19)21(30-18)16-26-14-12-24(13-15-26)17-27(23(28)29-24)20-10-6-3-7-11-20/h2-11H,12-17H2,1H3. The van der Waals surface area contributed by atoms with Crippen LogP contribution in [0, 0.1) is 6.92 Å².